The number of benzene rings is 1. The number of hydrogen-bond acceptors (Lipinski definition) is 1. The zero-order valence-corrected chi connectivity index (χ0v) is 17.7. The second-order valence-corrected chi connectivity index (χ2v) is 14.3. The molecule has 0 spiro atoms. The van der Waals surface area contributed by atoms with Gasteiger partial charge in [-0.1, -0.05) is 76.3 Å². The fraction of sp³-hybridized carbons (Fsp3) is 0.696. The number of rotatable bonds is 9. The molecule has 0 bridgehead atoms. The van der Waals surface area contributed by atoms with Crippen molar-refractivity contribution in [2.75, 3.05) is 0 Å². The summed E-state index contributed by atoms with van der Waals surface area (Å²) in [6.07, 6.45) is 12.7. The monoisotopic (exact) mass is 355 g/mol. The fourth-order valence-corrected chi connectivity index (χ4v) is 7.01. The van der Waals surface area contributed by atoms with Gasteiger partial charge in [-0.3, -0.25) is 0 Å². The molecule has 1 aliphatic carbocycles. The van der Waals surface area contributed by atoms with Gasteiger partial charge in [-0.2, -0.15) is 5.26 Å². The normalized spacial score (nSPS) is 21.0. The molecule has 1 aliphatic rings. The molecule has 0 amide bonds. The van der Waals surface area contributed by atoms with E-state index >= 15 is 0 Å². The first kappa shape index (κ1) is 20.2. The summed E-state index contributed by atoms with van der Waals surface area (Å²) < 4.78 is 0. The van der Waals surface area contributed by atoms with Crippen LogP contribution in [0.4, 0.5) is 0 Å². The minimum Gasteiger partial charge on any atom is -0.192 e. The standard InChI is InChI=1S/C23H37NSi/c1-4-5-6-7-17-25(2,3)18-16-20-8-12-22(13-9-20)23-14-10-21(19-24)11-15-23/h10-11,14-15,20,22H,4-9,12-13,16-18H2,1-3H3. The molecular formula is C23H37NSi. The lowest BCUT2D eigenvalue weighted by molar-refractivity contribution is 0.318. The highest BCUT2D eigenvalue weighted by atomic mass is 28.3. The van der Waals surface area contributed by atoms with E-state index in [1.165, 1.54) is 75.4 Å². The Morgan fingerprint density at radius 2 is 1.64 bits per heavy atom. The lowest BCUT2D eigenvalue weighted by Crippen LogP contribution is -2.26. The minimum absolute atomic E-state index is 0.725. The van der Waals surface area contributed by atoms with Crippen LogP contribution in [0.25, 0.3) is 0 Å². The molecule has 1 aromatic rings. The predicted molar refractivity (Wildman–Crippen MR) is 112 cm³/mol. The van der Waals surface area contributed by atoms with Gasteiger partial charge in [-0.05, 0) is 55.2 Å². The molecule has 0 aromatic heterocycles. The van der Waals surface area contributed by atoms with E-state index in [0.717, 1.165) is 17.4 Å². The third-order valence-corrected chi connectivity index (χ3v) is 9.64. The summed E-state index contributed by atoms with van der Waals surface area (Å²) in [5.41, 5.74) is 2.23. The first-order valence-electron chi connectivity index (χ1n) is 10.5. The van der Waals surface area contributed by atoms with E-state index in [1.807, 2.05) is 12.1 Å². The highest BCUT2D eigenvalue weighted by Crippen LogP contribution is 2.38. The third-order valence-electron chi connectivity index (χ3n) is 6.29. The molecule has 0 radical (unpaired) electrons. The maximum atomic E-state index is 8.93. The van der Waals surface area contributed by atoms with Crippen LogP contribution in [0, 0.1) is 17.2 Å². The van der Waals surface area contributed by atoms with Crippen LogP contribution in [0.5, 0.6) is 0 Å². The zero-order chi connectivity index (χ0) is 18.1. The molecule has 1 fully saturated rings. The first-order chi connectivity index (χ1) is 12.0. The first-order valence-corrected chi connectivity index (χ1v) is 14.0. The second kappa shape index (κ2) is 10.2. The van der Waals surface area contributed by atoms with E-state index in [0.29, 0.717) is 0 Å². The van der Waals surface area contributed by atoms with Crippen molar-refractivity contribution in [3.8, 4) is 6.07 Å². The quantitative estimate of drug-likeness (QED) is 0.332. The van der Waals surface area contributed by atoms with Gasteiger partial charge in [0.15, 0.2) is 0 Å². The molecule has 0 unspecified atom stereocenters. The number of nitriles is 1. The smallest absolute Gasteiger partial charge is 0.0991 e. The van der Waals surface area contributed by atoms with E-state index in [1.54, 1.807) is 0 Å². The van der Waals surface area contributed by atoms with Crippen molar-refractivity contribution in [2.24, 2.45) is 5.92 Å². The van der Waals surface area contributed by atoms with Crippen LogP contribution < -0.4 is 0 Å². The Kier molecular flexibility index (Phi) is 8.23. The molecule has 1 aromatic carbocycles. The van der Waals surface area contributed by atoms with Gasteiger partial charge in [0, 0.05) is 8.07 Å². The molecule has 2 rings (SSSR count). The van der Waals surface area contributed by atoms with E-state index < -0.39 is 8.07 Å². The molecule has 0 heterocycles. The van der Waals surface area contributed by atoms with Crippen molar-refractivity contribution in [3.63, 3.8) is 0 Å². The van der Waals surface area contributed by atoms with Gasteiger partial charge in [0.2, 0.25) is 0 Å². The third kappa shape index (κ3) is 6.98. The van der Waals surface area contributed by atoms with Crippen molar-refractivity contribution in [1.29, 1.82) is 5.26 Å². The summed E-state index contributed by atoms with van der Waals surface area (Å²) in [6.45, 7) is 7.53. The van der Waals surface area contributed by atoms with E-state index in [4.69, 9.17) is 5.26 Å². The summed E-state index contributed by atoms with van der Waals surface area (Å²) in [7, 11) is -0.959. The Balaban J connectivity index is 1.70. The van der Waals surface area contributed by atoms with Crippen molar-refractivity contribution < 1.29 is 0 Å². The Morgan fingerprint density at radius 1 is 0.960 bits per heavy atom. The van der Waals surface area contributed by atoms with Crippen LogP contribution in [-0.4, -0.2) is 8.07 Å². The lowest BCUT2D eigenvalue weighted by Gasteiger charge is -2.31. The topological polar surface area (TPSA) is 23.8 Å². The zero-order valence-electron chi connectivity index (χ0n) is 16.7. The van der Waals surface area contributed by atoms with Crippen molar-refractivity contribution in [1.82, 2.24) is 0 Å². The maximum absolute atomic E-state index is 8.93. The molecule has 138 valence electrons. The summed E-state index contributed by atoms with van der Waals surface area (Å²) in [5, 5.41) is 8.93. The van der Waals surface area contributed by atoms with E-state index in [2.05, 4.69) is 38.2 Å². The molecule has 0 aliphatic heterocycles. The SMILES string of the molecule is CCCCCC[Si](C)(C)CCC1CCC(c2ccc(C#N)cc2)CC1. The van der Waals surface area contributed by atoms with E-state index in [-0.39, 0.29) is 0 Å². The molecule has 1 nitrogen and oxygen atoms in total. The number of unbranched alkanes of at least 4 members (excludes halogenated alkanes) is 3. The van der Waals surface area contributed by atoms with Crippen LogP contribution in [0.2, 0.25) is 25.2 Å². The average molecular weight is 356 g/mol. The summed E-state index contributed by atoms with van der Waals surface area (Å²) in [5.74, 6) is 1.69. The molecular weight excluding hydrogens is 318 g/mol. The molecule has 0 N–H and O–H groups in total. The molecule has 0 saturated heterocycles. The largest absolute Gasteiger partial charge is 0.192 e. The van der Waals surface area contributed by atoms with Gasteiger partial charge in [0.05, 0.1) is 11.6 Å². The maximum Gasteiger partial charge on any atom is 0.0991 e. The second-order valence-electron chi connectivity index (χ2n) is 8.97. The van der Waals surface area contributed by atoms with Gasteiger partial charge in [0.1, 0.15) is 0 Å². The van der Waals surface area contributed by atoms with Gasteiger partial charge in [-0.25, -0.2) is 0 Å². The predicted octanol–water partition coefficient (Wildman–Crippen LogP) is 7.51. The molecule has 0 atom stereocenters. The van der Waals surface area contributed by atoms with Gasteiger partial charge < -0.3 is 0 Å². The Hall–Kier alpha value is -1.07. The van der Waals surface area contributed by atoms with Crippen molar-refractivity contribution in [2.45, 2.75) is 95.8 Å². The van der Waals surface area contributed by atoms with Gasteiger partial charge in [-0.15, -0.1) is 0 Å². The van der Waals surface area contributed by atoms with Gasteiger partial charge in [0.25, 0.3) is 0 Å². The average Bonchev–Trinajstić information content (AvgIpc) is 2.64. The molecule has 1 saturated carbocycles. The van der Waals surface area contributed by atoms with Crippen LogP contribution in [-0.2, 0) is 0 Å². The lowest BCUT2D eigenvalue weighted by atomic mass is 9.78. The van der Waals surface area contributed by atoms with Gasteiger partial charge >= 0.3 is 0 Å². The van der Waals surface area contributed by atoms with Crippen LogP contribution in [0.3, 0.4) is 0 Å². The molecule has 2 heteroatoms. The van der Waals surface area contributed by atoms with Crippen LogP contribution >= 0.6 is 0 Å². The highest BCUT2D eigenvalue weighted by molar-refractivity contribution is 6.77. The summed E-state index contributed by atoms with van der Waals surface area (Å²) >= 11 is 0. The fourth-order valence-electron chi connectivity index (χ4n) is 4.36. The Labute approximate surface area is 156 Å². The summed E-state index contributed by atoms with van der Waals surface area (Å²) in [6, 6.07) is 13.6. The Bertz CT molecular complexity index is 532. The van der Waals surface area contributed by atoms with Crippen LogP contribution in [0.1, 0.15) is 81.8 Å². The van der Waals surface area contributed by atoms with E-state index in [9.17, 15) is 0 Å². The Morgan fingerprint density at radius 3 is 2.24 bits per heavy atom. The van der Waals surface area contributed by atoms with Crippen molar-refractivity contribution >= 4 is 8.07 Å². The summed E-state index contributed by atoms with van der Waals surface area (Å²) in [4.78, 5) is 0. The molecule has 25 heavy (non-hydrogen) atoms. The van der Waals surface area contributed by atoms with Crippen LogP contribution in [0.15, 0.2) is 24.3 Å². The number of hydrogen-bond donors (Lipinski definition) is 0. The highest BCUT2D eigenvalue weighted by Gasteiger charge is 2.26. The minimum atomic E-state index is -0.959. The van der Waals surface area contributed by atoms with Crippen molar-refractivity contribution in [3.05, 3.63) is 35.4 Å². The number of nitrogens with zero attached hydrogens (tertiary/aromatic N) is 1.